The van der Waals surface area contributed by atoms with Crippen molar-refractivity contribution in [3.8, 4) is 11.5 Å². The van der Waals surface area contributed by atoms with Crippen LogP contribution >= 0.6 is 0 Å². The summed E-state index contributed by atoms with van der Waals surface area (Å²) in [4.78, 5) is 0. The number of hydrogen-bond acceptors (Lipinski definition) is 4. The van der Waals surface area contributed by atoms with E-state index in [-0.39, 0.29) is 0 Å². The van der Waals surface area contributed by atoms with Crippen molar-refractivity contribution in [2.24, 2.45) is 0 Å². The third-order valence-corrected chi connectivity index (χ3v) is 2.40. The fraction of sp³-hybridized carbons (Fsp3) is 0.500. The van der Waals surface area contributed by atoms with Crippen LogP contribution in [0.25, 0.3) is 0 Å². The minimum Gasteiger partial charge on any atom is -0.486 e. The normalized spacial score (nSPS) is 13.6. The first kappa shape index (κ1) is 11.1. The fourth-order valence-electron chi connectivity index (χ4n) is 1.60. The van der Waals surface area contributed by atoms with Crippen LogP contribution < -0.4 is 14.8 Å². The van der Waals surface area contributed by atoms with Gasteiger partial charge in [-0.2, -0.15) is 0 Å². The highest BCUT2D eigenvalue weighted by Crippen LogP contribution is 2.32. The molecule has 0 aliphatic carbocycles. The van der Waals surface area contributed by atoms with Crippen LogP contribution in [0.1, 0.15) is 6.42 Å². The second-order valence-electron chi connectivity index (χ2n) is 3.63. The van der Waals surface area contributed by atoms with Gasteiger partial charge in [-0.25, -0.2) is 0 Å². The highest BCUT2D eigenvalue weighted by atomic mass is 16.6. The van der Waals surface area contributed by atoms with Gasteiger partial charge in [0, 0.05) is 32.0 Å². The molecule has 0 aromatic heterocycles. The van der Waals surface area contributed by atoms with Crippen molar-refractivity contribution < 1.29 is 14.2 Å². The first-order valence-corrected chi connectivity index (χ1v) is 5.52. The van der Waals surface area contributed by atoms with Crippen LogP contribution in [0.5, 0.6) is 11.5 Å². The molecule has 2 rings (SSSR count). The smallest absolute Gasteiger partial charge is 0.163 e. The van der Waals surface area contributed by atoms with Crippen molar-refractivity contribution in [2.45, 2.75) is 6.42 Å². The summed E-state index contributed by atoms with van der Waals surface area (Å²) in [5, 5.41) is 3.31. The van der Waals surface area contributed by atoms with Gasteiger partial charge in [-0.15, -0.1) is 0 Å². The summed E-state index contributed by atoms with van der Waals surface area (Å²) in [6.07, 6.45) is 0.991. The lowest BCUT2D eigenvalue weighted by molar-refractivity contribution is 0.171. The maximum Gasteiger partial charge on any atom is 0.163 e. The molecule has 0 saturated heterocycles. The zero-order chi connectivity index (χ0) is 11.2. The number of ether oxygens (including phenoxy) is 3. The molecule has 88 valence electrons. The third-order valence-electron chi connectivity index (χ3n) is 2.40. The summed E-state index contributed by atoms with van der Waals surface area (Å²) < 4.78 is 15.9. The number of anilines is 1. The molecule has 0 atom stereocenters. The highest BCUT2D eigenvalue weighted by Gasteiger charge is 2.11. The van der Waals surface area contributed by atoms with E-state index in [1.165, 1.54) is 0 Å². The monoisotopic (exact) mass is 223 g/mol. The van der Waals surface area contributed by atoms with Crippen molar-refractivity contribution in [3.63, 3.8) is 0 Å². The Kier molecular flexibility index (Phi) is 3.88. The summed E-state index contributed by atoms with van der Waals surface area (Å²) in [6.45, 7) is 2.93. The molecule has 16 heavy (non-hydrogen) atoms. The van der Waals surface area contributed by atoms with Gasteiger partial charge in [-0.3, -0.25) is 0 Å². The van der Waals surface area contributed by atoms with Gasteiger partial charge < -0.3 is 19.5 Å². The second kappa shape index (κ2) is 5.61. The molecule has 0 radical (unpaired) electrons. The van der Waals surface area contributed by atoms with E-state index in [2.05, 4.69) is 5.32 Å². The molecule has 1 aromatic rings. The van der Waals surface area contributed by atoms with Gasteiger partial charge in [0.05, 0.1) is 0 Å². The van der Waals surface area contributed by atoms with E-state index in [9.17, 15) is 0 Å². The largest absolute Gasteiger partial charge is 0.486 e. The molecule has 1 aliphatic rings. The molecule has 0 spiro atoms. The molecular weight excluding hydrogens is 206 g/mol. The topological polar surface area (TPSA) is 39.7 Å². The molecule has 1 N–H and O–H groups in total. The number of nitrogens with one attached hydrogen (secondary N) is 1. The zero-order valence-corrected chi connectivity index (χ0v) is 9.49. The van der Waals surface area contributed by atoms with Crippen molar-refractivity contribution in [2.75, 3.05) is 38.8 Å². The Morgan fingerprint density at radius 2 is 2.06 bits per heavy atom. The number of benzene rings is 1. The predicted molar refractivity (Wildman–Crippen MR) is 62.4 cm³/mol. The van der Waals surface area contributed by atoms with Gasteiger partial charge in [0.2, 0.25) is 0 Å². The summed E-state index contributed by atoms with van der Waals surface area (Å²) in [7, 11) is 1.71. The van der Waals surface area contributed by atoms with Crippen LogP contribution in [-0.2, 0) is 4.74 Å². The number of fused-ring (bicyclic) bond motifs is 1. The van der Waals surface area contributed by atoms with Gasteiger partial charge in [0.15, 0.2) is 11.5 Å². The molecule has 0 saturated carbocycles. The van der Waals surface area contributed by atoms with E-state index in [1.807, 2.05) is 18.2 Å². The van der Waals surface area contributed by atoms with Crippen molar-refractivity contribution in [1.82, 2.24) is 0 Å². The van der Waals surface area contributed by atoms with Crippen LogP contribution in [0.2, 0.25) is 0 Å². The Bertz CT molecular complexity index is 341. The van der Waals surface area contributed by atoms with Gasteiger partial charge >= 0.3 is 0 Å². The molecular formula is C12H17NO3. The maximum absolute atomic E-state index is 5.50. The molecule has 4 heteroatoms. The summed E-state index contributed by atoms with van der Waals surface area (Å²) in [5.41, 5.74) is 1.06. The van der Waals surface area contributed by atoms with Crippen molar-refractivity contribution in [1.29, 1.82) is 0 Å². The van der Waals surface area contributed by atoms with E-state index in [0.717, 1.165) is 36.8 Å². The van der Waals surface area contributed by atoms with E-state index in [4.69, 9.17) is 14.2 Å². The fourth-order valence-corrected chi connectivity index (χ4v) is 1.60. The predicted octanol–water partition coefficient (Wildman–Crippen LogP) is 1.91. The molecule has 1 heterocycles. The lowest BCUT2D eigenvalue weighted by atomic mass is 10.2. The standard InChI is InChI=1S/C12H17NO3/c1-14-6-2-5-13-10-3-4-11-12(9-10)16-8-7-15-11/h3-4,9,13H,2,5-8H2,1H3. The third kappa shape index (κ3) is 2.79. The van der Waals surface area contributed by atoms with Gasteiger partial charge in [0.1, 0.15) is 13.2 Å². The molecule has 0 bridgehead atoms. The molecule has 0 fully saturated rings. The summed E-state index contributed by atoms with van der Waals surface area (Å²) in [5.74, 6) is 1.65. The van der Waals surface area contributed by atoms with Gasteiger partial charge in [-0.1, -0.05) is 0 Å². The molecule has 1 aromatic carbocycles. The Balaban J connectivity index is 1.90. The minimum atomic E-state index is 0.625. The van der Waals surface area contributed by atoms with Crippen LogP contribution in [0.4, 0.5) is 5.69 Å². The van der Waals surface area contributed by atoms with Crippen LogP contribution in [0.15, 0.2) is 18.2 Å². The average molecular weight is 223 g/mol. The van der Waals surface area contributed by atoms with E-state index in [0.29, 0.717) is 13.2 Å². The van der Waals surface area contributed by atoms with E-state index in [1.54, 1.807) is 7.11 Å². The number of hydrogen-bond donors (Lipinski definition) is 1. The zero-order valence-electron chi connectivity index (χ0n) is 9.49. The van der Waals surface area contributed by atoms with Crippen LogP contribution in [-0.4, -0.2) is 33.5 Å². The van der Waals surface area contributed by atoms with E-state index >= 15 is 0 Å². The molecule has 1 aliphatic heterocycles. The minimum absolute atomic E-state index is 0.625. The Morgan fingerprint density at radius 3 is 2.88 bits per heavy atom. The maximum atomic E-state index is 5.50. The second-order valence-corrected chi connectivity index (χ2v) is 3.63. The van der Waals surface area contributed by atoms with Gasteiger partial charge in [-0.05, 0) is 18.6 Å². The highest BCUT2D eigenvalue weighted by molar-refractivity contribution is 5.55. The van der Waals surface area contributed by atoms with Gasteiger partial charge in [0.25, 0.3) is 0 Å². The Labute approximate surface area is 95.5 Å². The van der Waals surface area contributed by atoms with Crippen LogP contribution in [0.3, 0.4) is 0 Å². The summed E-state index contributed by atoms with van der Waals surface area (Å²) >= 11 is 0. The first-order valence-electron chi connectivity index (χ1n) is 5.52. The Hall–Kier alpha value is -1.42. The van der Waals surface area contributed by atoms with E-state index < -0.39 is 0 Å². The van der Waals surface area contributed by atoms with Crippen molar-refractivity contribution in [3.05, 3.63) is 18.2 Å². The summed E-state index contributed by atoms with van der Waals surface area (Å²) in [6, 6.07) is 5.91. The van der Waals surface area contributed by atoms with Crippen molar-refractivity contribution >= 4 is 5.69 Å². The molecule has 4 nitrogen and oxygen atoms in total. The average Bonchev–Trinajstić information content (AvgIpc) is 2.34. The molecule has 0 unspecified atom stereocenters. The SMILES string of the molecule is COCCCNc1ccc2c(c1)OCCO2. The van der Waals surface area contributed by atoms with Crippen LogP contribution in [0, 0.1) is 0 Å². The number of methoxy groups -OCH3 is 1. The first-order chi connectivity index (χ1) is 7.90. The number of rotatable bonds is 5. The lowest BCUT2D eigenvalue weighted by Gasteiger charge is -2.19. The quantitative estimate of drug-likeness (QED) is 0.774. The Morgan fingerprint density at radius 1 is 1.25 bits per heavy atom. The molecule has 0 amide bonds. The lowest BCUT2D eigenvalue weighted by Crippen LogP contribution is -2.15.